The van der Waals surface area contributed by atoms with E-state index in [9.17, 15) is 8.42 Å². The lowest BCUT2D eigenvalue weighted by molar-refractivity contribution is 0.600. The molecule has 0 aliphatic heterocycles. The number of benzene rings is 2. The van der Waals surface area contributed by atoms with Gasteiger partial charge in [0, 0.05) is 21.8 Å². The monoisotopic (exact) mass is 475 g/mol. The zero-order valence-electron chi connectivity index (χ0n) is 16.8. The highest BCUT2D eigenvalue weighted by atomic mass is 35.5. The second-order valence-corrected chi connectivity index (χ2v) is 9.41. The van der Waals surface area contributed by atoms with Crippen molar-refractivity contribution in [3.63, 3.8) is 0 Å². The maximum atomic E-state index is 13.1. The summed E-state index contributed by atoms with van der Waals surface area (Å²) in [6.45, 7) is 3.71. The first-order valence-electron chi connectivity index (χ1n) is 9.36. The predicted molar refractivity (Wildman–Crippen MR) is 122 cm³/mol. The quantitative estimate of drug-likeness (QED) is 0.432. The molecule has 2 heterocycles. The Morgan fingerprint density at radius 1 is 1.00 bits per heavy atom. The van der Waals surface area contributed by atoms with Crippen LogP contribution in [0, 0.1) is 13.8 Å². The van der Waals surface area contributed by atoms with Crippen molar-refractivity contribution in [2.24, 2.45) is 0 Å². The van der Waals surface area contributed by atoms with E-state index in [1.165, 1.54) is 6.20 Å². The van der Waals surface area contributed by atoms with Crippen molar-refractivity contribution in [3.05, 3.63) is 87.9 Å². The highest BCUT2D eigenvalue weighted by Crippen LogP contribution is 2.27. The van der Waals surface area contributed by atoms with E-state index in [4.69, 9.17) is 23.2 Å². The van der Waals surface area contributed by atoms with Gasteiger partial charge in [0.2, 0.25) is 0 Å². The van der Waals surface area contributed by atoms with Gasteiger partial charge in [-0.1, -0.05) is 47.5 Å². The number of nitrogens with one attached hydrogen (secondary N) is 1. The topological polar surface area (TPSA) is 81.8 Å². The lowest BCUT2D eigenvalue weighted by Crippen LogP contribution is -2.14. The van der Waals surface area contributed by atoms with Crippen LogP contribution in [0.3, 0.4) is 0 Å². The van der Waals surface area contributed by atoms with E-state index in [1.54, 1.807) is 47.6 Å². The van der Waals surface area contributed by atoms with Crippen LogP contribution in [0.4, 0.5) is 5.69 Å². The molecule has 160 valence electrons. The molecule has 31 heavy (non-hydrogen) atoms. The Hall–Kier alpha value is -2.81. The van der Waals surface area contributed by atoms with Crippen LogP contribution in [0.1, 0.15) is 17.0 Å². The maximum absolute atomic E-state index is 13.1. The summed E-state index contributed by atoms with van der Waals surface area (Å²) in [4.78, 5) is 0.137. The molecule has 0 radical (unpaired) electrons. The average molecular weight is 476 g/mol. The Labute approximate surface area is 190 Å². The highest BCUT2D eigenvalue weighted by Gasteiger charge is 2.25. The van der Waals surface area contributed by atoms with Crippen molar-refractivity contribution in [2.45, 2.75) is 25.3 Å². The van der Waals surface area contributed by atoms with Crippen molar-refractivity contribution < 1.29 is 8.42 Å². The van der Waals surface area contributed by atoms with Crippen LogP contribution < -0.4 is 4.72 Å². The number of aryl methyl sites for hydroxylation is 1. The molecule has 0 amide bonds. The van der Waals surface area contributed by atoms with Crippen LogP contribution >= 0.6 is 23.2 Å². The molecule has 0 unspecified atom stereocenters. The summed E-state index contributed by atoms with van der Waals surface area (Å²) in [7, 11) is -3.88. The molecule has 0 atom stereocenters. The van der Waals surface area contributed by atoms with Gasteiger partial charge in [0.15, 0.2) is 0 Å². The number of anilines is 1. The fourth-order valence-corrected chi connectivity index (χ4v) is 5.33. The SMILES string of the molecule is Cc1nn(-c2ccccc2)c(C)c1S(=O)(=O)Nc1cnn(Cc2c(Cl)cccc2Cl)c1. The zero-order valence-corrected chi connectivity index (χ0v) is 19.1. The van der Waals surface area contributed by atoms with Gasteiger partial charge in [0.1, 0.15) is 4.90 Å². The van der Waals surface area contributed by atoms with Crippen molar-refractivity contribution in [1.29, 1.82) is 0 Å². The number of nitrogens with zero attached hydrogens (tertiary/aromatic N) is 4. The molecule has 7 nitrogen and oxygen atoms in total. The molecule has 0 saturated heterocycles. The first-order valence-corrected chi connectivity index (χ1v) is 11.6. The molecule has 0 aliphatic rings. The lowest BCUT2D eigenvalue weighted by Gasteiger charge is -2.08. The summed E-state index contributed by atoms with van der Waals surface area (Å²) in [6, 6.07) is 14.6. The van der Waals surface area contributed by atoms with Gasteiger partial charge in [-0.15, -0.1) is 0 Å². The van der Waals surface area contributed by atoms with Crippen molar-refractivity contribution in [3.8, 4) is 5.69 Å². The van der Waals surface area contributed by atoms with Crippen molar-refractivity contribution >= 4 is 38.9 Å². The summed E-state index contributed by atoms with van der Waals surface area (Å²) >= 11 is 12.4. The first-order chi connectivity index (χ1) is 14.8. The normalized spacial score (nSPS) is 11.6. The van der Waals surface area contributed by atoms with Gasteiger partial charge in [-0.2, -0.15) is 10.2 Å². The number of rotatable bonds is 6. The smallest absolute Gasteiger partial charge is 0.265 e. The Kier molecular flexibility index (Phi) is 5.79. The zero-order chi connectivity index (χ0) is 22.2. The van der Waals surface area contributed by atoms with E-state index in [2.05, 4.69) is 14.9 Å². The summed E-state index contributed by atoms with van der Waals surface area (Å²) in [5.74, 6) is 0. The summed E-state index contributed by atoms with van der Waals surface area (Å²) < 4.78 is 32.0. The van der Waals surface area contributed by atoms with Gasteiger partial charge in [-0.3, -0.25) is 9.40 Å². The summed E-state index contributed by atoms with van der Waals surface area (Å²) in [6.07, 6.45) is 3.03. The third-order valence-corrected chi connectivity index (χ3v) is 7.10. The Balaban J connectivity index is 1.60. The predicted octanol–water partition coefficient (Wildman–Crippen LogP) is 4.84. The number of hydrogen-bond acceptors (Lipinski definition) is 4. The minimum absolute atomic E-state index is 0.137. The van der Waals surface area contributed by atoms with E-state index >= 15 is 0 Å². The van der Waals surface area contributed by atoms with Crippen LogP contribution in [-0.2, 0) is 16.6 Å². The van der Waals surface area contributed by atoms with Gasteiger partial charge in [0.25, 0.3) is 10.0 Å². The maximum Gasteiger partial charge on any atom is 0.265 e. The van der Waals surface area contributed by atoms with Gasteiger partial charge in [-0.05, 0) is 38.1 Å². The molecule has 1 N–H and O–H groups in total. The molecule has 10 heteroatoms. The van der Waals surface area contributed by atoms with E-state index in [0.717, 1.165) is 5.69 Å². The molecule has 4 rings (SSSR count). The Morgan fingerprint density at radius 2 is 1.68 bits per heavy atom. The Bertz CT molecular complexity index is 1330. The molecular formula is C21H19Cl2N5O2S. The van der Waals surface area contributed by atoms with E-state index < -0.39 is 10.0 Å². The second-order valence-electron chi connectivity index (χ2n) is 6.98. The number of para-hydroxylation sites is 1. The van der Waals surface area contributed by atoms with Crippen molar-refractivity contribution in [1.82, 2.24) is 19.6 Å². The molecule has 0 bridgehead atoms. The van der Waals surface area contributed by atoms with E-state index in [0.29, 0.717) is 39.2 Å². The fourth-order valence-electron chi connectivity index (χ4n) is 3.39. The molecule has 0 saturated carbocycles. The average Bonchev–Trinajstić information content (AvgIpc) is 3.28. The van der Waals surface area contributed by atoms with Crippen molar-refractivity contribution in [2.75, 3.05) is 4.72 Å². The largest absolute Gasteiger partial charge is 0.276 e. The van der Waals surface area contributed by atoms with Gasteiger partial charge in [0.05, 0.1) is 35.5 Å². The number of aromatic nitrogens is 4. The highest BCUT2D eigenvalue weighted by molar-refractivity contribution is 7.92. The van der Waals surface area contributed by atoms with Crippen LogP contribution in [0.5, 0.6) is 0 Å². The molecule has 0 spiro atoms. The molecule has 0 aliphatic carbocycles. The van der Waals surface area contributed by atoms with Gasteiger partial charge >= 0.3 is 0 Å². The molecular weight excluding hydrogens is 457 g/mol. The fraction of sp³-hybridized carbons (Fsp3) is 0.143. The standard InChI is InChI=1S/C21H19Cl2N5O2S/c1-14-21(15(2)28(25-14)17-7-4-3-5-8-17)31(29,30)26-16-11-24-27(12-16)13-18-19(22)9-6-10-20(18)23/h3-12,26H,13H2,1-2H3. The number of sulfonamides is 1. The van der Waals surface area contributed by atoms with Crippen LogP contribution in [0.2, 0.25) is 10.0 Å². The third kappa shape index (κ3) is 4.32. The summed E-state index contributed by atoms with van der Waals surface area (Å²) in [5, 5.41) is 9.67. The van der Waals surface area contributed by atoms with Gasteiger partial charge in [-0.25, -0.2) is 13.1 Å². The number of hydrogen-bond donors (Lipinski definition) is 1. The molecule has 4 aromatic rings. The number of halogens is 2. The lowest BCUT2D eigenvalue weighted by atomic mass is 10.2. The van der Waals surface area contributed by atoms with Crippen LogP contribution in [-0.4, -0.2) is 28.0 Å². The summed E-state index contributed by atoms with van der Waals surface area (Å²) in [5.41, 5.74) is 2.75. The minimum Gasteiger partial charge on any atom is -0.276 e. The van der Waals surface area contributed by atoms with Crippen LogP contribution in [0.15, 0.2) is 65.8 Å². The molecule has 0 fully saturated rings. The van der Waals surface area contributed by atoms with E-state index in [1.807, 2.05) is 30.3 Å². The van der Waals surface area contributed by atoms with Crippen LogP contribution in [0.25, 0.3) is 5.69 Å². The third-order valence-electron chi connectivity index (χ3n) is 4.76. The first kappa shape index (κ1) is 21.4. The molecule has 2 aromatic carbocycles. The molecule has 2 aromatic heterocycles. The van der Waals surface area contributed by atoms with Gasteiger partial charge < -0.3 is 0 Å². The van der Waals surface area contributed by atoms with E-state index in [-0.39, 0.29) is 4.90 Å². The second kappa shape index (κ2) is 8.37. The Morgan fingerprint density at radius 3 is 2.35 bits per heavy atom. The minimum atomic E-state index is -3.88.